The molecule has 2 aromatic heterocycles. The van der Waals surface area contributed by atoms with Crippen LogP contribution in [0.15, 0.2) is 54.6 Å². The third-order valence-electron chi connectivity index (χ3n) is 4.40. The first kappa shape index (κ1) is 19.1. The second-order valence-electron chi connectivity index (χ2n) is 7.03. The molecule has 1 amide bonds. The van der Waals surface area contributed by atoms with Crippen molar-refractivity contribution in [2.75, 3.05) is 5.32 Å². The van der Waals surface area contributed by atoms with Crippen LogP contribution in [-0.4, -0.2) is 31.3 Å². The van der Waals surface area contributed by atoms with Crippen LogP contribution in [0.25, 0.3) is 15.5 Å². The van der Waals surface area contributed by atoms with Gasteiger partial charge in [-0.05, 0) is 38.1 Å². The first-order valence-corrected chi connectivity index (χ1v) is 10.1. The van der Waals surface area contributed by atoms with Crippen LogP contribution in [0.5, 0.6) is 5.75 Å². The zero-order chi connectivity index (χ0) is 20.4. The predicted molar refractivity (Wildman–Crippen MR) is 113 cm³/mol. The van der Waals surface area contributed by atoms with Crippen molar-refractivity contribution in [3.63, 3.8) is 0 Å². The molecule has 0 aliphatic heterocycles. The van der Waals surface area contributed by atoms with E-state index in [4.69, 9.17) is 4.74 Å². The van der Waals surface area contributed by atoms with E-state index in [1.165, 1.54) is 11.3 Å². The monoisotopic (exact) mass is 407 g/mol. The molecule has 0 fully saturated rings. The van der Waals surface area contributed by atoms with Crippen LogP contribution in [-0.2, 0) is 11.2 Å². The van der Waals surface area contributed by atoms with Crippen LogP contribution < -0.4 is 10.1 Å². The van der Waals surface area contributed by atoms with Gasteiger partial charge in [-0.25, -0.2) is 0 Å². The van der Waals surface area contributed by atoms with Gasteiger partial charge in [-0.3, -0.25) is 4.79 Å². The maximum Gasteiger partial charge on any atom is 0.267 e. The fourth-order valence-corrected chi connectivity index (χ4v) is 3.69. The van der Waals surface area contributed by atoms with Gasteiger partial charge in [-0.2, -0.15) is 9.61 Å². The van der Waals surface area contributed by atoms with Gasteiger partial charge in [-0.15, -0.1) is 10.2 Å². The summed E-state index contributed by atoms with van der Waals surface area (Å²) in [7, 11) is 0. The second kappa shape index (κ2) is 7.63. The average molecular weight is 407 g/mol. The number of hydrogen-bond acceptors (Lipinski definition) is 6. The zero-order valence-electron chi connectivity index (χ0n) is 16.4. The number of ether oxygens (including phenoxy) is 1. The number of benzene rings is 2. The van der Waals surface area contributed by atoms with Crippen LogP contribution >= 0.6 is 11.3 Å². The second-order valence-corrected chi connectivity index (χ2v) is 7.99. The number of aryl methyl sites for hydroxylation is 1. The number of anilines is 1. The standard InChI is InChI=1S/C21H21N5O2S/c1-4-17-23-24-20-26(17)25-18(29-20)14-9-8-10-15(13-14)22-19(27)21(2,3)28-16-11-6-5-7-12-16/h5-13H,4H2,1-3H3,(H,22,27). The lowest BCUT2D eigenvalue weighted by Crippen LogP contribution is -2.42. The third kappa shape index (κ3) is 3.97. The number of nitrogens with zero attached hydrogens (tertiary/aromatic N) is 4. The molecule has 2 heterocycles. The van der Waals surface area contributed by atoms with E-state index in [-0.39, 0.29) is 5.91 Å². The molecule has 0 bridgehead atoms. The van der Waals surface area contributed by atoms with E-state index < -0.39 is 5.60 Å². The molecule has 0 unspecified atom stereocenters. The van der Waals surface area contributed by atoms with Crippen molar-refractivity contribution in [3.8, 4) is 16.3 Å². The Morgan fingerprint density at radius 2 is 1.93 bits per heavy atom. The summed E-state index contributed by atoms with van der Waals surface area (Å²) < 4.78 is 7.63. The number of carbonyl (C=O) groups excluding carboxylic acids is 1. The van der Waals surface area contributed by atoms with Crippen molar-refractivity contribution in [3.05, 3.63) is 60.4 Å². The van der Waals surface area contributed by atoms with Gasteiger partial charge in [0.1, 0.15) is 10.8 Å². The van der Waals surface area contributed by atoms with Gasteiger partial charge in [0, 0.05) is 17.7 Å². The number of para-hydroxylation sites is 1. The van der Waals surface area contributed by atoms with E-state index in [1.807, 2.05) is 61.5 Å². The molecular formula is C21H21N5O2S. The number of fused-ring (bicyclic) bond motifs is 1. The molecule has 0 saturated heterocycles. The highest BCUT2D eigenvalue weighted by Gasteiger charge is 2.30. The minimum atomic E-state index is -1.03. The quantitative estimate of drug-likeness (QED) is 0.518. The van der Waals surface area contributed by atoms with E-state index >= 15 is 0 Å². The molecular weight excluding hydrogens is 386 g/mol. The minimum Gasteiger partial charge on any atom is -0.478 e. The molecule has 4 rings (SSSR count). The largest absolute Gasteiger partial charge is 0.478 e. The summed E-state index contributed by atoms with van der Waals surface area (Å²) in [6.45, 7) is 5.51. The predicted octanol–water partition coefficient (Wildman–Crippen LogP) is 4.21. The average Bonchev–Trinajstić information content (AvgIpc) is 3.29. The zero-order valence-corrected chi connectivity index (χ0v) is 17.2. The van der Waals surface area contributed by atoms with Gasteiger partial charge < -0.3 is 10.1 Å². The Kier molecular flexibility index (Phi) is 5.02. The molecule has 8 heteroatoms. The lowest BCUT2D eigenvalue weighted by atomic mass is 10.1. The summed E-state index contributed by atoms with van der Waals surface area (Å²) in [4.78, 5) is 13.6. The van der Waals surface area contributed by atoms with E-state index in [2.05, 4.69) is 20.6 Å². The maximum absolute atomic E-state index is 12.8. The van der Waals surface area contributed by atoms with Crippen molar-refractivity contribution in [1.82, 2.24) is 19.8 Å². The van der Waals surface area contributed by atoms with Crippen LogP contribution in [0.4, 0.5) is 5.69 Å². The van der Waals surface area contributed by atoms with Crippen molar-refractivity contribution in [2.45, 2.75) is 32.8 Å². The molecule has 0 aliphatic carbocycles. The van der Waals surface area contributed by atoms with Crippen molar-refractivity contribution in [2.24, 2.45) is 0 Å². The fourth-order valence-electron chi connectivity index (χ4n) is 2.84. The number of aromatic nitrogens is 4. The molecule has 0 aliphatic rings. The van der Waals surface area contributed by atoms with Gasteiger partial charge in [0.2, 0.25) is 4.96 Å². The molecule has 0 atom stereocenters. The van der Waals surface area contributed by atoms with E-state index in [0.29, 0.717) is 11.4 Å². The molecule has 2 aromatic carbocycles. The fraction of sp³-hybridized carbons (Fsp3) is 0.238. The topological polar surface area (TPSA) is 81.4 Å². The van der Waals surface area contributed by atoms with Gasteiger partial charge in [0.15, 0.2) is 11.4 Å². The summed E-state index contributed by atoms with van der Waals surface area (Å²) in [6.07, 6.45) is 0.761. The molecule has 4 aromatic rings. The molecule has 0 saturated carbocycles. The first-order valence-electron chi connectivity index (χ1n) is 9.33. The lowest BCUT2D eigenvalue weighted by molar-refractivity contribution is -0.128. The third-order valence-corrected chi connectivity index (χ3v) is 5.35. The van der Waals surface area contributed by atoms with Gasteiger partial charge in [0.05, 0.1) is 0 Å². The van der Waals surface area contributed by atoms with Crippen molar-refractivity contribution in [1.29, 1.82) is 0 Å². The highest BCUT2D eigenvalue weighted by Crippen LogP contribution is 2.28. The Morgan fingerprint density at radius 3 is 2.69 bits per heavy atom. The summed E-state index contributed by atoms with van der Waals surface area (Å²) in [5.41, 5.74) is 0.557. The highest BCUT2D eigenvalue weighted by atomic mass is 32.1. The van der Waals surface area contributed by atoms with Crippen LogP contribution in [0, 0.1) is 0 Å². The van der Waals surface area contributed by atoms with Crippen LogP contribution in [0.1, 0.15) is 26.6 Å². The van der Waals surface area contributed by atoms with Crippen LogP contribution in [0.2, 0.25) is 0 Å². The highest BCUT2D eigenvalue weighted by molar-refractivity contribution is 7.19. The molecule has 0 radical (unpaired) electrons. The summed E-state index contributed by atoms with van der Waals surface area (Å²) in [6, 6.07) is 16.9. The van der Waals surface area contributed by atoms with Crippen molar-refractivity contribution >= 4 is 27.9 Å². The van der Waals surface area contributed by atoms with E-state index in [1.54, 1.807) is 18.4 Å². The van der Waals surface area contributed by atoms with E-state index in [0.717, 1.165) is 27.8 Å². The number of rotatable bonds is 6. The summed E-state index contributed by atoms with van der Waals surface area (Å²) in [5, 5.41) is 16.7. The van der Waals surface area contributed by atoms with E-state index in [9.17, 15) is 4.79 Å². The smallest absolute Gasteiger partial charge is 0.267 e. The maximum atomic E-state index is 12.8. The molecule has 29 heavy (non-hydrogen) atoms. The Morgan fingerprint density at radius 1 is 1.14 bits per heavy atom. The van der Waals surface area contributed by atoms with Gasteiger partial charge >= 0.3 is 0 Å². The SMILES string of the molecule is CCc1nnc2sc(-c3cccc(NC(=O)C(C)(C)Oc4ccccc4)c3)nn12. The van der Waals surface area contributed by atoms with Crippen molar-refractivity contribution < 1.29 is 9.53 Å². The molecule has 0 spiro atoms. The molecule has 148 valence electrons. The van der Waals surface area contributed by atoms with Gasteiger partial charge in [-0.1, -0.05) is 48.6 Å². The van der Waals surface area contributed by atoms with Crippen LogP contribution in [0.3, 0.4) is 0 Å². The minimum absolute atomic E-state index is 0.232. The Labute approximate surface area is 172 Å². The number of nitrogens with one attached hydrogen (secondary N) is 1. The number of carbonyl (C=O) groups is 1. The Bertz CT molecular complexity index is 1150. The Hall–Kier alpha value is -3.26. The first-order chi connectivity index (χ1) is 14.0. The summed E-state index contributed by atoms with van der Waals surface area (Å²) >= 11 is 1.46. The lowest BCUT2D eigenvalue weighted by Gasteiger charge is -2.25. The normalized spacial score (nSPS) is 11.6. The van der Waals surface area contributed by atoms with Gasteiger partial charge in [0.25, 0.3) is 5.91 Å². The number of amides is 1. The number of hydrogen-bond donors (Lipinski definition) is 1. The Balaban J connectivity index is 1.53. The molecule has 1 N–H and O–H groups in total. The summed E-state index contributed by atoms with van der Waals surface area (Å²) in [5.74, 6) is 1.24. The molecule has 7 nitrogen and oxygen atoms in total.